The highest BCUT2D eigenvalue weighted by Crippen LogP contribution is 2.41. The van der Waals surface area contributed by atoms with Gasteiger partial charge in [0.15, 0.2) is 5.96 Å². The van der Waals surface area contributed by atoms with Gasteiger partial charge >= 0.3 is 0 Å². The molecule has 108 valence electrons. The van der Waals surface area contributed by atoms with Gasteiger partial charge in [0.1, 0.15) is 0 Å². The van der Waals surface area contributed by atoms with E-state index in [0.717, 1.165) is 25.6 Å². The largest absolute Gasteiger partial charge is 0.370 e. The summed E-state index contributed by atoms with van der Waals surface area (Å²) in [7, 11) is 4.25. The van der Waals surface area contributed by atoms with Crippen molar-refractivity contribution in [2.24, 2.45) is 10.7 Å². The van der Waals surface area contributed by atoms with Crippen LogP contribution in [0.15, 0.2) is 4.99 Å². The van der Waals surface area contributed by atoms with Gasteiger partial charge in [-0.3, -0.25) is 9.89 Å². The SMILES string of the molecule is CN(C)CCN1C(N)=NCC12CCN1CCCCC12. The molecule has 1 spiro atoms. The molecule has 3 aliphatic rings. The normalized spacial score (nSPS) is 35.2. The van der Waals surface area contributed by atoms with Crippen molar-refractivity contribution in [3.05, 3.63) is 0 Å². The smallest absolute Gasteiger partial charge is 0.191 e. The van der Waals surface area contributed by atoms with E-state index in [2.05, 4.69) is 33.8 Å². The summed E-state index contributed by atoms with van der Waals surface area (Å²) < 4.78 is 0. The third-order valence-electron chi connectivity index (χ3n) is 5.17. The number of aliphatic imine (C=N–C) groups is 1. The average Bonchev–Trinajstić information content (AvgIpc) is 2.92. The van der Waals surface area contributed by atoms with Gasteiger partial charge in [-0.15, -0.1) is 0 Å². The Bertz CT molecular complexity index is 367. The maximum absolute atomic E-state index is 6.18. The van der Waals surface area contributed by atoms with E-state index in [0.29, 0.717) is 6.04 Å². The molecule has 2 atom stereocenters. The number of guanidine groups is 1. The van der Waals surface area contributed by atoms with Crippen LogP contribution in [0, 0.1) is 0 Å². The maximum atomic E-state index is 6.18. The number of nitrogens with two attached hydrogens (primary N) is 1. The minimum Gasteiger partial charge on any atom is -0.370 e. The predicted molar refractivity (Wildman–Crippen MR) is 78.3 cm³/mol. The lowest BCUT2D eigenvalue weighted by molar-refractivity contribution is 0.0914. The molecule has 2 N–H and O–H groups in total. The summed E-state index contributed by atoms with van der Waals surface area (Å²) in [6.07, 6.45) is 5.28. The summed E-state index contributed by atoms with van der Waals surface area (Å²) in [4.78, 5) is 11.9. The lowest BCUT2D eigenvalue weighted by Crippen LogP contribution is -2.60. The minimum absolute atomic E-state index is 0.209. The number of likely N-dealkylation sites (N-methyl/N-ethyl adjacent to an activating group) is 1. The molecule has 3 rings (SSSR count). The second-order valence-electron chi connectivity index (χ2n) is 6.53. The lowest BCUT2D eigenvalue weighted by atomic mass is 9.84. The summed E-state index contributed by atoms with van der Waals surface area (Å²) in [5.41, 5.74) is 6.39. The summed E-state index contributed by atoms with van der Waals surface area (Å²) in [6, 6.07) is 0.674. The molecule has 0 radical (unpaired) electrons. The molecule has 2 fully saturated rings. The van der Waals surface area contributed by atoms with Crippen molar-refractivity contribution in [2.75, 3.05) is 46.8 Å². The highest BCUT2D eigenvalue weighted by Gasteiger charge is 2.54. The van der Waals surface area contributed by atoms with Crippen molar-refractivity contribution in [1.29, 1.82) is 0 Å². The van der Waals surface area contributed by atoms with Crippen LogP contribution in [0.5, 0.6) is 0 Å². The number of piperidine rings is 1. The second-order valence-corrected chi connectivity index (χ2v) is 6.53. The number of rotatable bonds is 3. The Morgan fingerprint density at radius 3 is 3.00 bits per heavy atom. The van der Waals surface area contributed by atoms with Crippen LogP contribution in [0.25, 0.3) is 0 Å². The van der Waals surface area contributed by atoms with Crippen molar-refractivity contribution in [2.45, 2.75) is 37.3 Å². The Balaban J connectivity index is 1.78. The first-order valence-corrected chi connectivity index (χ1v) is 7.60. The Morgan fingerprint density at radius 2 is 2.21 bits per heavy atom. The molecule has 0 aliphatic carbocycles. The molecular formula is C14H27N5. The molecule has 2 saturated heterocycles. The Labute approximate surface area is 116 Å². The average molecular weight is 265 g/mol. The second kappa shape index (κ2) is 4.94. The molecule has 0 aromatic carbocycles. The van der Waals surface area contributed by atoms with Gasteiger partial charge in [0, 0.05) is 25.7 Å². The Morgan fingerprint density at radius 1 is 1.37 bits per heavy atom. The fraction of sp³-hybridized carbons (Fsp3) is 0.929. The number of fused-ring (bicyclic) bond motifs is 2. The van der Waals surface area contributed by atoms with Gasteiger partial charge in [-0.2, -0.15) is 0 Å². The van der Waals surface area contributed by atoms with E-state index in [1.54, 1.807) is 0 Å². The molecule has 0 bridgehead atoms. The quantitative estimate of drug-likeness (QED) is 0.790. The molecule has 0 aromatic rings. The van der Waals surface area contributed by atoms with Crippen LogP contribution in [0.3, 0.4) is 0 Å². The molecule has 0 amide bonds. The molecule has 0 aromatic heterocycles. The van der Waals surface area contributed by atoms with E-state index in [4.69, 9.17) is 5.73 Å². The predicted octanol–water partition coefficient (Wildman–Crippen LogP) is 0.175. The summed E-state index contributed by atoms with van der Waals surface area (Å²) >= 11 is 0. The van der Waals surface area contributed by atoms with Crippen LogP contribution < -0.4 is 5.73 Å². The van der Waals surface area contributed by atoms with Crippen LogP contribution >= 0.6 is 0 Å². The zero-order chi connectivity index (χ0) is 13.5. The van der Waals surface area contributed by atoms with Crippen LogP contribution in [-0.2, 0) is 0 Å². The van der Waals surface area contributed by atoms with E-state index >= 15 is 0 Å². The van der Waals surface area contributed by atoms with Crippen molar-refractivity contribution in [1.82, 2.24) is 14.7 Å². The highest BCUT2D eigenvalue weighted by molar-refractivity contribution is 5.81. The van der Waals surface area contributed by atoms with Crippen molar-refractivity contribution in [3.63, 3.8) is 0 Å². The molecule has 0 saturated carbocycles. The zero-order valence-electron chi connectivity index (χ0n) is 12.3. The standard InChI is InChI=1S/C14H27N5/c1-17(2)9-10-19-13(15)16-11-14(19)6-8-18-7-4-3-5-12(14)18/h12H,3-11H2,1-2H3,(H2,15,16). The van der Waals surface area contributed by atoms with Gasteiger partial charge in [0.05, 0.1) is 12.1 Å². The van der Waals surface area contributed by atoms with Gasteiger partial charge in [0.25, 0.3) is 0 Å². The summed E-state index contributed by atoms with van der Waals surface area (Å²) in [5, 5.41) is 0. The fourth-order valence-corrected chi connectivity index (χ4v) is 4.12. The molecule has 5 heteroatoms. The first-order chi connectivity index (χ1) is 9.13. The number of hydrogen-bond acceptors (Lipinski definition) is 5. The van der Waals surface area contributed by atoms with E-state index in [-0.39, 0.29) is 5.54 Å². The Hall–Kier alpha value is -0.810. The van der Waals surface area contributed by atoms with Crippen molar-refractivity contribution < 1.29 is 0 Å². The van der Waals surface area contributed by atoms with Gasteiger partial charge < -0.3 is 15.5 Å². The summed E-state index contributed by atoms with van der Waals surface area (Å²) in [5.74, 6) is 0.772. The van der Waals surface area contributed by atoms with Crippen LogP contribution in [-0.4, -0.2) is 79.1 Å². The lowest BCUT2D eigenvalue weighted by Gasteiger charge is -2.44. The van der Waals surface area contributed by atoms with E-state index in [9.17, 15) is 0 Å². The maximum Gasteiger partial charge on any atom is 0.191 e. The van der Waals surface area contributed by atoms with Crippen LogP contribution in [0.2, 0.25) is 0 Å². The number of nitrogens with zero attached hydrogens (tertiary/aromatic N) is 4. The monoisotopic (exact) mass is 265 g/mol. The van der Waals surface area contributed by atoms with E-state index < -0.39 is 0 Å². The molecule has 3 heterocycles. The minimum atomic E-state index is 0.209. The molecular weight excluding hydrogens is 238 g/mol. The summed E-state index contributed by atoms with van der Waals surface area (Å²) in [6.45, 7) is 5.46. The third kappa shape index (κ3) is 2.13. The van der Waals surface area contributed by atoms with Gasteiger partial charge in [-0.05, 0) is 39.9 Å². The van der Waals surface area contributed by atoms with Gasteiger partial charge in [-0.1, -0.05) is 6.42 Å². The van der Waals surface area contributed by atoms with Crippen molar-refractivity contribution in [3.8, 4) is 0 Å². The first kappa shape index (κ1) is 13.2. The van der Waals surface area contributed by atoms with Crippen molar-refractivity contribution >= 4 is 5.96 Å². The molecule has 5 nitrogen and oxygen atoms in total. The fourth-order valence-electron chi connectivity index (χ4n) is 4.12. The first-order valence-electron chi connectivity index (χ1n) is 7.60. The van der Waals surface area contributed by atoms with Crippen LogP contribution in [0.4, 0.5) is 0 Å². The van der Waals surface area contributed by atoms with Crippen LogP contribution in [0.1, 0.15) is 25.7 Å². The molecule has 2 unspecified atom stereocenters. The number of hydrogen-bond donors (Lipinski definition) is 1. The molecule has 19 heavy (non-hydrogen) atoms. The van der Waals surface area contributed by atoms with E-state index in [1.807, 2.05) is 0 Å². The van der Waals surface area contributed by atoms with Gasteiger partial charge in [0.2, 0.25) is 0 Å². The topological polar surface area (TPSA) is 48.1 Å². The third-order valence-corrected chi connectivity index (χ3v) is 5.17. The highest BCUT2D eigenvalue weighted by atomic mass is 15.4. The molecule has 3 aliphatic heterocycles. The zero-order valence-corrected chi connectivity index (χ0v) is 12.3. The van der Waals surface area contributed by atoms with E-state index in [1.165, 1.54) is 38.8 Å². The van der Waals surface area contributed by atoms with Gasteiger partial charge in [-0.25, -0.2) is 0 Å². The Kier molecular flexibility index (Phi) is 3.43.